The van der Waals surface area contributed by atoms with Crippen LogP contribution < -0.4 is 5.46 Å². The van der Waals surface area contributed by atoms with Crippen LogP contribution in [0.1, 0.15) is 20.8 Å². The summed E-state index contributed by atoms with van der Waals surface area (Å²) in [5, 5.41) is 0. The van der Waals surface area contributed by atoms with E-state index < -0.39 is 0 Å². The van der Waals surface area contributed by atoms with E-state index in [-0.39, 0.29) is 18.8 Å². The molecule has 1 saturated heterocycles. The van der Waals surface area contributed by atoms with Crippen molar-refractivity contribution in [3.8, 4) is 0 Å². The van der Waals surface area contributed by atoms with Gasteiger partial charge in [-0.2, -0.15) is 0 Å². The molecule has 0 amide bonds. The first-order valence-corrected chi connectivity index (χ1v) is 4.78. The summed E-state index contributed by atoms with van der Waals surface area (Å²) in [6.45, 7) is 6.29. The zero-order chi connectivity index (χ0) is 10.2. The highest BCUT2D eigenvalue weighted by Gasteiger charge is 2.44. The molecular weight excluding hydrogens is 177 g/mol. The SMILES string of the molecule is CC(C)(C)C1OB(c2ccncc2)O1. The molecule has 0 bridgehead atoms. The summed E-state index contributed by atoms with van der Waals surface area (Å²) in [6, 6.07) is 3.81. The Morgan fingerprint density at radius 1 is 1.21 bits per heavy atom. The van der Waals surface area contributed by atoms with Crippen molar-refractivity contribution in [2.24, 2.45) is 5.41 Å². The van der Waals surface area contributed by atoms with E-state index in [1.54, 1.807) is 12.4 Å². The molecule has 4 heteroatoms. The van der Waals surface area contributed by atoms with Crippen LogP contribution in [0.2, 0.25) is 0 Å². The van der Waals surface area contributed by atoms with E-state index >= 15 is 0 Å². The van der Waals surface area contributed by atoms with Gasteiger partial charge in [0, 0.05) is 17.8 Å². The minimum atomic E-state index is -0.206. The van der Waals surface area contributed by atoms with Crippen molar-refractivity contribution in [1.29, 1.82) is 0 Å². The Bertz CT molecular complexity index is 304. The Balaban J connectivity index is 1.96. The second kappa shape index (κ2) is 3.37. The molecule has 0 N–H and O–H groups in total. The molecule has 0 spiro atoms. The maximum absolute atomic E-state index is 5.64. The van der Waals surface area contributed by atoms with Crippen molar-refractivity contribution in [2.75, 3.05) is 0 Å². The maximum atomic E-state index is 5.64. The van der Waals surface area contributed by atoms with Gasteiger partial charge >= 0.3 is 7.12 Å². The smallest absolute Gasteiger partial charge is 0.382 e. The zero-order valence-corrected chi connectivity index (χ0v) is 8.73. The maximum Gasteiger partial charge on any atom is 0.497 e. The highest BCUT2D eigenvalue weighted by molar-refractivity contribution is 6.62. The van der Waals surface area contributed by atoms with Crippen molar-refractivity contribution in [3.05, 3.63) is 24.5 Å². The fraction of sp³-hybridized carbons (Fsp3) is 0.500. The highest BCUT2D eigenvalue weighted by atomic mass is 16.8. The van der Waals surface area contributed by atoms with Gasteiger partial charge in [0.2, 0.25) is 0 Å². The summed E-state index contributed by atoms with van der Waals surface area (Å²) < 4.78 is 11.3. The van der Waals surface area contributed by atoms with Crippen LogP contribution in [0.25, 0.3) is 0 Å². The third kappa shape index (κ3) is 1.81. The standard InChI is InChI=1S/C10H14BNO2/c1-10(2,3)9-13-11(14-9)8-4-6-12-7-5-8/h4-7,9H,1-3H3. The first kappa shape index (κ1) is 9.68. The lowest BCUT2D eigenvalue weighted by molar-refractivity contribution is -0.167. The van der Waals surface area contributed by atoms with Gasteiger partial charge < -0.3 is 9.31 Å². The molecule has 14 heavy (non-hydrogen) atoms. The lowest BCUT2D eigenvalue weighted by Crippen LogP contribution is -2.57. The molecule has 3 nitrogen and oxygen atoms in total. The van der Waals surface area contributed by atoms with Gasteiger partial charge in [0.05, 0.1) is 0 Å². The van der Waals surface area contributed by atoms with Crippen LogP contribution in [0.4, 0.5) is 0 Å². The third-order valence-corrected chi connectivity index (χ3v) is 2.18. The molecule has 2 rings (SSSR count). The summed E-state index contributed by atoms with van der Waals surface area (Å²) in [4.78, 5) is 3.94. The van der Waals surface area contributed by atoms with Crippen LogP contribution in [0.5, 0.6) is 0 Å². The Morgan fingerprint density at radius 2 is 1.79 bits per heavy atom. The fourth-order valence-electron chi connectivity index (χ4n) is 1.32. The predicted molar refractivity (Wildman–Crippen MR) is 55.0 cm³/mol. The van der Waals surface area contributed by atoms with Gasteiger partial charge in [0.25, 0.3) is 0 Å². The normalized spacial score (nSPS) is 18.1. The van der Waals surface area contributed by atoms with Crippen LogP contribution in [-0.2, 0) is 9.31 Å². The Morgan fingerprint density at radius 3 is 2.29 bits per heavy atom. The second-order valence-electron chi connectivity index (χ2n) is 4.58. The highest BCUT2D eigenvalue weighted by Crippen LogP contribution is 2.30. The van der Waals surface area contributed by atoms with Gasteiger partial charge in [0.15, 0.2) is 0 Å². The molecule has 1 aliphatic heterocycles. The Hall–Kier alpha value is -0.865. The number of pyridine rings is 1. The largest absolute Gasteiger partial charge is 0.497 e. The average molecular weight is 191 g/mol. The Kier molecular flexibility index (Phi) is 2.33. The molecule has 2 heterocycles. The summed E-state index contributed by atoms with van der Waals surface area (Å²) in [5.74, 6) is 0. The number of hydrogen-bond acceptors (Lipinski definition) is 3. The van der Waals surface area contributed by atoms with E-state index in [1.165, 1.54) is 0 Å². The average Bonchev–Trinajstić information content (AvgIpc) is 2.00. The van der Waals surface area contributed by atoms with E-state index in [1.807, 2.05) is 12.1 Å². The summed E-state index contributed by atoms with van der Waals surface area (Å²) in [7, 11) is -0.206. The monoisotopic (exact) mass is 191 g/mol. The lowest BCUT2D eigenvalue weighted by atomic mass is 9.74. The quantitative estimate of drug-likeness (QED) is 0.625. The van der Waals surface area contributed by atoms with Crippen molar-refractivity contribution in [3.63, 3.8) is 0 Å². The van der Waals surface area contributed by atoms with E-state index in [9.17, 15) is 0 Å². The molecule has 1 aromatic heterocycles. The van der Waals surface area contributed by atoms with E-state index in [0.29, 0.717) is 0 Å². The summed E-state index contributed by atoms with van der Waals surface area (Å²) >= 11 is 0. The molecule has 0 aliphatic carbocycles. The van der Waals surface area contributed by atoms with Gasteiger partial charge in [-0.25, -0.2) is 0 Å². The first-order chi connectivity index (χ1) is 6.57. The number of rotatable bonds is 1. The first-order valence-electron chi connectivity index (χ1n) is 4.78. The van der Waals surface area contributed by atoms with Gasteiger partial charge in [-0.05, 0) is 17.6 Å². The molecule has 1 fully saturated rings. The lowest BCUT2D eigenvalue weighted by Gasteiger charge is -2.42. The van der Waals surface area contributed by atoms with Crippen LogP contribution in [0.15, 0.2) is 24.5 Å². The third-order valence-electron chi connectivity index (χ3n) is 2.18. The van der Waals surface area contributed by atoms with Gasteiger partial charge in [-0.1, -0.05) is 20.8 Å². The van der Waals surface area contributed by atoms with Gasteiger partial charge in [0.1, 0.15) is 6.29 Å². The molecule has 0 unspecified atom stereocenters. The van der Waals surface area contributed by atoms with E-state index in [0.717, 1.165) is 5.46 Å². The number of nitrogens with zero attached hydrogens (tertiary/aromatic N) is 1. The summed E-state index contributed by atoms with van der Waals surface area (Å²) in [5.41, 5.74) is 1.07. The van der Waals surface area contributed by atoms with Crippen molar-refractivity contribution < 1.29 is 9.31 Å². The van der Waals surface area contributed by atoms with Crippen molar-refractivity contribution >= 4 is 12.6 Å². The topological polar surface area (TPSA) is 31.4 Å². The molecule has 1 aromatic rings. The van der Waals surface area contributed by atoms with E-state index in [4.69, 9.17) is 9.31 Å². The number of aromatic nitrogens is 1. The molecule has 0 saturated carbocycles. The molecule has 1 aliphatic rings. The minimum Gasteiger partial charge on any atom is -0.382 e. The second-order valence-corrected chi connectivity index (χ2v) is 4.58. The predicted octanol–water partition coefficient (Wildman–Crippen LogP) is 1.20. The fourth-order valence-corrected chi connectivity index (χ4v) is 1.32. The summed E-state index contributed by atoms with van der Waals surface area (Å²) in [6.07, 6.45) is 3.39. The minimum absolute atomic E-state index is 0.0452. The van der Waals surface area contributed by atoms with E-state index in [2.05, 4.69) is 25.8 Å². The van der Waals surface area contributed by atoms with Gasteiger partial charge in [-0.15, -0.1) is 0 Å². The van der Waals surface area contributed by atoms with Crippen LogP contribution in [-0.4, -0.2) is 18.4 Å². The van der Waals surface area contributed by atoms with Crippen LogP contribution in [0.3, 0.4) is 0 Å². The molecule has 0 radical (unpaired) electrons. The van der Waals surface area contributed by atoms with Crippen LogP contribution in [0, 0.1) is 5.41 Å². The molecule has 0 aromatic carbocycles. The Labute approximate surface area is 84.6 Å². The zero-order valence-electron chi connectivity index (χ0n) is 8.73. The number of hydrogen-bond donors (Lipinski definition) is 0. The van der Waals surface area contributed by atoms with Gasteiger partial charge in [-0.3, -0.25) is 4.98 Å². The molecular formula is C10H14BNO2. The molecule has 74 valence electrons. The molecule has 0 atom stereocenters. The van der Waals surface area contributed by atoms with Crippen molar-refractivity contribution in [2.45, 2.75) is 27.1 Å². The van der Waals surface area contributed by atoms with Crippen LogP contribution >= 0.6 is 0 Å². The van der Waals surface area contributed by atoms with Crippen molar-refractivity contribution in [1.82, 2.24) is 4.98 Å².